The van der Waals surface area contributed by atoms with Crippen molar-refractivity contribution in [3.63, 3.8) is 0 Å². The Hall–Kier alpha value is -2.65. The van der Waals surface area contributed by atoms with Crippen molar-refractivity contribution in [2.24, 2.45) is 0 Å². The van der Waals surface area contributed by atoms with Gasteiger partial charge in [0.05, 0.1) is 45.1 Å². The molecule has 0 amide bonds. The second-order valence-electron chi connectivity index (χ2n) is 10.7. The number of hydrogen-bond acceptors (Lipinski definition) is 8. The van der Waals surface area contributed by atoms with Crippen LogP contribution in [0.5, 0.6) is 0 Å². The first-order valence-electron chi connectivity index (χ1n) is 13.7. The SMILES string of the molecule is CCOC(=O)c1ccc2nc(N3[C@H](C)CC(OCc4c(-c5c(Cl)cccc5Cl)noc4C4CC4)C[C@@H]3C)sc2c1. The average molecular weight is 601 g/mol. The van der Waals surface area contributed by atoms with Crippen molar-refractivity contribution in [3.8, 4) is 11.3 Å². The standard InChI is InChI=1S/C30H31Cl2N3O4S/c1-4-37-29(36)19-10-11-24-25(14-19)40-30(33-24)35-16(2)12-20(13-17(35)3)38-15-21-27(34-39-28(21)18-8-9-18)26-22(31)6-5-7-23(26)32/h5-7,10-11,14,16-18,20H,4,8-9,12-13,15H2,1-3H3/t16-,17+,20?. The fraction of sp³-hybridized carbons (Fsp3) is 0.433. The smallest absolute Gasteiger partial charge is 0.338 e. The van der Waals surface area contributed by atoms with E-state index in [1.807, 2.05) is 37.3 Å². The van der Waals surface area contributed by atoms with Crippen molar-refractivity contribution in [2.45, 2.75) is 77.2 Å². The number of hydrogen-bond donors (Lipinski definition) is 0. The van der Waals surface area contributed by atoms with Crippen molar-refractivity contribution in [2.75, 3.05) is 11.5 Å². The van der Waals surface area contributed by atoms with Gasteiger partial charge in [-0.1, -0.05) is 45.8 Å². The molecule has 1 saturated carbocycles. The molecule has 7 nitrogen and oxygen atoms in total. The number of nitrogens with zero attached hydrogens (tertiary/aromatic N) is 3. The molecule has 1 unspecified atom stereocenters. The summed E-state index contributed by atoms with van der Waals surface area (Å²) >= 11 is 14.7. The Kier molecular flexibility index (Phi) is 7.79. The van der Waals surface area contributed by atoms with Gasteiger partial charge in [0, 0.05) is 29.1 Å². The monoisotopic (exact) mass is 599 g/mol. The molecular weight excluding hydrogens is 569 g/mol. The highest BCUT2D eigenvalue weighted by Crippen LogP contribution is 2.46. The molecule has 2 fully saturated rings. The highest BCUT2D eigenvalue weighted by molar-refractivity contribution is 7.22. The number of halogens is 2. The van der Waals surface area contributed by atoms with E-state index in [1.165, 1.54) is 0 Å². The topological polar surface area (TPSA) is 77.7 Å². The van der Waals surface area contributed by atoms with Crippen LogP contribution in [0.1, 0.15) is 74.1 Å². The zero-order chi connectivity index (χ0) is 28.0. The van der Waals surface area contributed by atoms with E-state index in [4.69, 9.17) is 42.2 Å². The minimum absolute atomic E-state index is 0.0718. The summed E-state index contributed by atoms with van der Waals surface area (Å²) < 4.78 is 18.5. The second kappa shape index (κ2) is 11.3. The summed E-state index contributed by atoms with van der Waals surface area (Å²) in [6, 6.07) is 11.5. The molecule has 4 aromatic rings. The van der Waals surface area contributed by atoms with Gasteiger partial charge in [-0.15, -0.1) is 0 Å². The molecule has 0 spiro atoms. The highest BCUT2D eigenvalue weighted by atomic mass is 35.5. The van der Waals surface area contributed by atoms with Gasteiger partial charge in [-0.25, -0.2) is 9.78 Å². The lowest BCUT2D eigenvalue weighted by molar-refractivity contribution is 0.00974. The van der Waals surface area contributed by atoms with Gasteiger partial charge in [0.1, 0.15) is 11.5 Å². The molecule has 2 aliphatic rings. The lowest BCUT2D eigenvalue weighted by Crippen LogP contribution is -2.49. The maximum atomic E-state index is 12.2. The van der Waals surface area contributed by atoms with Crippen LogP contribution in [-0.2, 0) is 16.1 Å². The Balaban J connectivity index is 1.18. The van der Waals surface area contributed by atoms with E-state index in [-0.39, 0.29) is 24.2 Å². The third kappa shape index (κ3) is 5.34. The first-order valence-corrected chi connectivity index (χ1v) is 15.3. The number of rotatable bonds is 8. The van der Waals surface area contributed by atoms with E-state index in [2.05, 4.69) is 23.9 Å². The number of fused-ring (bicyclic) bond motifs is 1. The van der Waals surface area contributed by atoms with Crippen LogP contribution in [0.25, 0.3) is 21.5 Å². The average Bonchev–Trinajstić information content (AvgIpc) is 3.54. The first kappa shape index (κ1) is 27.5. The predicted octanol–water partition coefficient (Wildman–Crippen LogP) is 8.27. The molecule has 1 aliphatic carbocycles. The lowest BCUT2D eigenvalue weighted by Gasteiger charge is -2.42. The molecule has 40 heavy (non-hydrogen) atoms. The molecule has 0 radical (unpaired) electrons. The molecule has 210 valence electrons. The molecule has 10 heteroatoms. The highest BCUT2D eigenvalue weighted by Gasteiger charge is 2.36. The fourth-order valence-corrected chi connectivity index (χ4v) is 7.43. The summed E-state index contributed by atoms with van der Waals surface area (Å²) in [6.07, 6.45) is 3.98. The normalized spacial score (nSPS) is 21.2. The summed E-state index contributed by atoms with van der Waals surface area (Å²) in [5.41, 5.74) is 3.75. The quantitative estimate of drug-likeness (QED) is 0.188. The van der Waals surface area contributed by atoms with Crippen LogP contribution >= 0.6 is 34.5 Å². The molecule has 3 heterocycles. The Morgan fingerprint density at radius 1 is 1.12 bits per heavy atom. The van der Waals surface area contributed by atoms with Gasteiger partial charge in [-0.05, 0) is 76.8 Å². The van der Waals surface area contributed by atoms with Crippen LogP contribution in [0.2, 0.25) is 10.0 Å². The number of piperidine rings is 1. The predicted molar refractivity (Wildman–Crippen MR) is 159 cm³/mol. The van der Waals surface area contributed by atoms with Crippen LogP contribution in [-0.4, -0.2) is 40.9 Å². The number of aromatic nitrogens is 2. The Morgan fingerprint density at radius 3 is 2.52 bits per heavy atom. The molecule has 2 aromatic heterocycles. The molecule has 2 aromatic carbocycles. The number of thiazole rings is 1. The minimum atomic E-state index is -0.309. The summed E-state index contributed by atoms with van der Waals surface area (Å²) in [5.74, 6) is 0.960. The second-order valence-corrected chi connectivity index (χ2v) is 12.5. The number of esters is 1. The van der Waals surface area contributed by atoms with Crippen molar-refractivity contribution >= 4 is 55.9 Å². The number of carbonyl (C=O) groups is 1. The molecular formula is C30H31Cl2N3O4S. The first-order chi connectivity index (χ1) is 19.3. The minimum Gasteiger partial charge on any atom is -0.462 e. The zero-order valence-corrected chi connectivity index (χ0v) is 25.0. The number of anilines is 1. The van der Waals surface area contributed by atoms with E-state index in [0.717, 1.165) is 52.4 Å². The van der Waals surface area contributed by atoms with E-state index >= 15 is 0 Å². The van der Waals surface area contributed by atoms with Gasteiger partial charge in [-0.2, -0.15) is 0 Å². The maximum absolute atomic E-state index is 12.2. The number of ether oxygens (including phenoxy) is 2. The van der Waals surface area contributed by atoms with E-state index < -0.39 is 0 Å². The van der Waals surface area contributed by atoms with E-state index in [1.54, 1.807) is 17.4 Å². The van der Waals surface area contributed by atoms with E-state index in [0.29, 0.717) is 46.0 Å². The van der Waals surface area contributed by atoms with Gasteiger partial charge in [0.25, 0.3) is 0 Å². The third-order valence-corrected chi connectivity index (χ3v) is 9.36. The summed E-state index contributed by atoms with van der Waals surface area (Å²) in [7, 11) is 0. The Morgan fingerprint density at radius 2 is 1.85 bits per heavy atom. The molecule has 6 rings (SSSR count). The van der Waals surface area contributed by atoms with Gasteiger partial charge in [0.2, 0.25) is 0 Å². The van der Waals surface area contributed by atoms with Gasteiger partial charge < -0.3 is 18.9 Å². The summed E-state index contributed by atoms with van der Waals surface area (Å²) in [6.45, 7) is 6.99. The Labute approximate surface area is 247 Å². The molecule has 0 N–H and O–H groups in total. The third-order valence-electron chi connectivity index (χ3n) is 7.70. The van der Waals surface area contributed by atoms with Crippen LogP contribution in [0.4, 0.5) is 5.13 Å². The van der Waals surface area contributed by atoms with Crippen molar-refractivity contribution in [1.29, 1.82) is 0 Å². The fourth-order valence-electron chi connectivity index (χ4n) is 5.65. The molecule has 3 atom stereocenters. The lowest BCUT2D eigenvalue weighted by atomic mass is 9.95. The van der Waals surface area contributed by atoms with Crippen molar-refractivity contribution < 1.29 is 18.8 Å². The van der Waals surface area contributed by atoms with Crippen LogP contribution in [0.3, 0.4) is 0 Å². The number of carbonyl (C=O) groups excluding carboxylic acids is 1. The molecule has 1 aliphatic heterocycles. The van der Waals surface area contributed by atoms with Gasteiger partial charge in [-0.3, -0.25) is 0 Å². The van der Waals surface area contributed by atoms with Crippen LogP contribution in [0, 0.1) is 0 Å². The zero-order valence-electron chi connectivity index (χ0n) is 22.7. The van der Waals surface area contributed by atoms with Crippen LogP contribution in [0.15, 0.2) is 40.9 Å². The number of benzene rings is 2. The van der Waals surface area contributed by atoms with Gasteiger partial charge in [0.15, 0.2) is 5.13 Å². The molecule has 1 saturated heterocycles. The van der Waals surface area contributed by atoms with Crippen molar-refractivity contribution in [1.82, 2.24) is 10.1 Å². The van der Waals surface area contributed by atoms with Crippen molar-refractivity contribution in [3.05, 3.63) is 63.3 Å². The van der Waals surface area contributed by atoms with Gasteiger partial charge >= 0.3 is 5.97 Å². The summed E-state index contributed by atoms with van der Waals surface area (Å²) in [5, 5.41) is 6.45. The molecule has 0 bridgehead atoms. The largest absolute Gasteiger partial charge is 0.462 e. The Bertz CT molecular complexity index is 1520. The van der Waals surface area contributed by atoms with E-state index in [9.17, 15) is 4.79 Å². The summed E-state index contributed by atoms with van der Waals surface area (Å²) in [4.78, 5) is 19.5. The maximum Gasteiger partial charge on any atom is 0.338 e. The van der Waals surface area contributed by atoms with Crippen LogP contribution < -0.4 is 4.90 Å².